The summed E-state index contributed by atoms with van der Waals surface area (Å²) in [5.74, 6) is -0.698. The molecule has 1 aliphatic rings. The van der Waals surface area contributed by atoms with Gasteiger partial charge in [-0.3, -0.25) is 19.4 Å². The van der Waals surface area contributed by atoms with Crippen LogP contribution in [0.5, 0.6) is 0 Å². The Morgan fingerprint density at radius 1 is 1.15 bits per heavy atom. The number of nitrogens with zero attached hydrogens (tertiary/aromatic N) is 1. The van der Waals surface area contributed by atoms with E-state index in [1.807, 2.05) is 6.92 Å². The van der Waals surface area contributed by atoms with Crippen molar-refractivity contribution in [2.45, 2.75) is 26.7 Å². The van der Waals surface area contributed by atoms with Gasteiger partial charge < -0.3 is 0 Å². The molecule has 0 aliphatic heterocycles. The molecule has 1 aromatic carbocycles. The van der Waals surface area contributed by atoms with Gasteiger partial charge >= 0.3 is 0 Å². The zero-order chi connectivity index (χ0) is 14.7. The van der Waals surface area contributed by atoms with E-state index in [0.717, 1.165) is 0 Å². The second-order valence-corrected chi connectivity index (χ2v) is 5.30. The molecule has 0 unspecified atom stereocenters. The molecule has 0 radical (unpaired) electrons. The quantitative estimate of drug-likeness (QED) is 0.482. The summed E-state index contributed by atoms with van der Waals surface area (Å²) < 4.78 is 0. The van der Waals surface area contributed by atoms with Gasteiger partial charge in [-0.2, -0.15) is 0 Å². The normalized spacial score (nSPS) is 23.3. The summed E-state index contributed by atoms with van der Waals surface area (Å²) in [7, 11) is 0. The lowest BCUT2D eigenvalue weighted by Crippen LogP contribution is -2.33. The van der Waals surface area contributed by atoms with Gasteiger partial charge in [0.2, 0.25) is 0 Å². The van der Waals surface area contributed by atoms with E-state index in [4.69, 9.17) is 0 Å². The predicted octanol–water partition coefficient (Wildman–Crippen LogP) is 2.78. The summed E-state index contributed by atoms with van der Waals surface area (Å²) in [6.07, 6.45) is 2.30. The number of benzene rings is 1. The van der Waals surface area contributed by atoms with Crippen molar-refractivity contribution in [2.24, 2.45) is 16.8 Å². The van der Waals surface area contributed by atoms with E-state index in [1.54, 1.807) is 24.3 Å². The Morgan fingerprint density at radius 3 is 2.20 bits per heavy atom. The fourth-order valence-electron chi connectivity index (χ4n) is 2.30. The van der Waals surface area contributed by atoms with Gasteiger partial charge in [0.1, 0.15) is 17.5 Å². The van der Waals surface area contributed by atoms with Crippen LogP contribution in [0.25, 0.3) is 0 Å². The van der Waals surface area contributed by atoms with Crippen molar-refractivity contribution in [3.8, 4) is 0 Å². The van der Waals surface area contributed by atoms with Gasteiger partial charge in [0.05, 0.1) is 5.69 Å². The van der Waals surface area contributed by atoms with Crippen LogP contribution < -0.4 is 0 Å². The molecule has 0 saturated heterocycles. The third-order valence-electron chi connectivity index (χ3n) is 3.44. The standard InChI is InChI=1S/C16H17NO3/c1-10-7-15(19)14(16(20)8-10)9-17-13-5-3-12(4-6-13)11(2)18/h3-6,9-10,14H,7-8H2,1-2H3. The minimum Gasteiger partial charge on any atom is -0.298 e. The van der Waals surface area contributed by atoms with E-state index in [-0.39, 0.29) is 23.3 Å². The van der Waals surface area contributed by atoms with Gasteiger partial charge in [-0.15, -0.1) is 0 Å². The maximum Gasteiger partial charge on any atom is 0.159 e. The van der Waals surface area contributed by atoms with Crippen molar-refractivity contribution in [2.75, 3.05) is 0 Å². The summed E-state index contributed by atoms with van der Waals surface area (Å²) in [5, 5.41) is 0. The molecular formula is C16H17NO3. The first-order chi connectivity index (χ1) is 9.47. The highest BCUT2D eigenvalue weighted by Gasteiger charge is 2.32. The lowest BCUT2D eigenvalue weighted by atomic mass is 9.81. The highest BCUT2D eigenvalue weighted by Crippen LogP contribution is 2.22. The molecule has 1 aliphatic carbocycles. The monoisotopic (exact) mass is 271 g/mol. The molecule has 0 atom stereocenters. The van der Waals surface area contributed by atoms with Crippen molar-refractivity contribution < 1.29 is 14.4 Å². The van der Waals surface area contributed by atoms with Crippen LogP contribution in [-0.4, -0.2) is 23.6 Å². The van der Waals surface area contributed by atoms with Crippen LogP contribution in [0.4, 0.5) is 5.69 Å². The second-order valence-electron chi connectivity index (χ2n) is 5.30. The molecule has 0 aromatic heterocycles. The number of Topliss-reactive ketones (excluding diaryl/α,β-unsaturated/α-hetero) is 3. The minimum atomic E-state index is -0.710. The average Bonchev–Trinajstić information content (AvgIpc) is 2.38. The molecule has 0 heterocycles. The highest BCUT2D eigenvalue weighted by atomic mass is 16.2. The van der Waals surface area contributed by atoms with Crippen molar-refractivity contribution in [1.29, 1.82) is 0 Å². The number of carbonyl (C=O) groups is 3. The first kappa shape index (κ1) is 14.3. The van der Waals surface area contributed by atoms with Crippen LogP contribution in [0, 0.1) is 11.8 Å². The third-order valence-corrected chi connectivity index (χ3v) is 3.44. The molecule has 1 aromatic rings. The van der Waals surface area contributed by atoms with Crippen LogP contribution in [0.2, 0.25) is 0 Å². The summed E-state index contributed by atoms with van der Waals surface area (Å²) in [6.45, 7) is 3.41. The Morgan fingerprint density at radius 2 is 1.70 bits per heavy atom. The summed E-state index contributed by atoms with van der Waals surface area (Å²) in [6, 6.07) is 6.77. The fraction of sp³-hybridized carbons (Fsp3) is 0.375. The van der Waals surface area contributed by atoms with Gasteiger partial charge in [0.15, 0.2) is 5.78 Å². The summed E-state index contributed by atoms with van der Waals surface area (Å²) >= 11 is 0. The van der Waals surface area contributed by atoms with Crippen LogP contribution in [0.1, 0.15) is 37.0 Å². The van der Waals surface area contributed by atoms with E-state index in [2.05, 4.69) is 4.99 Å². The van der Waals surface area contributed by atoms with Crippen molar-refractivity contribution in [1.82, 2.24) is 0 Å². The second kappa shape index (κ2) is 5.90. The average molecular weight is 271 g/mol. The Kier molecular flexibility index (Phi) is 4.23. The Hall–Kier alpha value is -2.10. The van der Waals surface area contributed by atoms with Gasteiger partial charge in [0, 0.05) is 24.6 Å². The Balaban J connectivity index is 2.10. The van der Waals surface area contributed by atoms with Crippen molar-refractivity contribution >= 4 is 29.3 Å². The first-order valence-corrected chi connectivity index (χ1v) is 6.68. The van der Waals surface area contributed by atoms with Crippen LogP contribution in [-0.2, 0) is 9.59 Å². The van der Waals surface area contributed by atoms with Crippen LogP contribution in [0.3, 0.4) is 0 Å². The summed E-state index contributed by atoms with van der Waals surface area (Å²) in [5.41, 5.74) is 1.25. The van der Waals surface area contributed by atoms with Crippen LogP contribution >= 0.6 is 0 Å². The van der Waals surface area contributed by atoms with Gasteiger partial charge in [-0.05, 0) is 37.1 Å². The first-order valence-electron chi connectivity index (χ1n) is 6.68. The van der Waals surface area contributed by atoms with Gasteiger partial charge in [-0.25, -0.2) is 0 Å². The lowest BCUT2D eigenvalue weighted by molar-refractivity contribution is -0.133. The minimum absolute atomic E-state index is 0.00727. The molecule has 20 heavy (non-hydrogen) atoms. The lowest BCUT2D eigenvalue weighted by Gasteiger charge is -2.20. The number of carbonyl (C=O) groups excluding carboxylic acids is 3. The molecule has 1 fully saturated rings. The number of rotatable bonds is 3. The number of ketones is 3. The molecule has 104 valence electrons. The maximum atomic E-state index is 11.8. The van der Waals surface area contributed by atoms with E-state index >= 15 is 0 Å². The molecule has 0 amide bonds. The fourth-order valence-corrected chi connectivity index (χ4v) is 2.30. The van der Waals surface area contributed by atoms with E-state index in [1.165, 1.54) is 13.1 Å². The van der Waals surface area contributed by atoms with E-state index < -0.39 is 5.92 Å². The maximum absolute atomic E-state index is 11.8. The SMILES string of the molecule is CC(=O)c1ccc(N=CC2C(=O)CC(C)CC2=O)cc1. The number of hydrogen-bond acceptors (Lipinski definition) is 4. The zero-order valence-corrected chi connectivity index (χ0v) is 11.6. The van der Waals surface area contributed by atoms with Gasteiger partial charge in [0.25, 0.3) is 0 Å². The number of aliphatic imine (C=N–C) groups is 1. The van der Waals surface area contributed by atoms with Crippen molar-refractivity contribution in [3.63, 3.8) is 0 Å². The van der Waals surface area contributed by atoms with E-state index in [9.17, 15) is 14.4 Å². The molecule has 0 bridgehead atoms. The summed E-state index contributed by atoms with van der Waals surface area (Å²) in [4.78, 5) is 39.0. The molecule has 0 N–H and O–H groups in total. The molecule has 2 rings (SSSR count). The van der Waals surface area contributed by atoms with Crippen molar-refractivity contribution in [3.05, 3.63) is 29.8 Å². The number of hydrogen-bond donors (Lipinski definition) is 0. The van der Waals surface area contributed by atoms with Gasteiger partial charge in [-0.1, -0.05) is 6.92 Å². The van der Waals surface area contributed by atoms with E-state index in [0.29, 0.717) is 24.1 Å². The largest absolute Gasteiger partial charge is 0.298 e. The Bertz CT molecular complexity index is 554. The molecule has 1 saturated carbocycles. The topological polar surface area (TPSA) is 63.6 Å². The molecule has 0 spiro atoms. The Labute approximate surface area is 117 Å². The zero-order valence-electron chi connectivity index (χ0n) is 11.6. The molecule has 4 heteroatoms. The van der Waals surface area contributed by atoms with Crippen LogP contribution in [0.15, 0.2) is 29.3 Å². The third kappa shape index (κ3) is 3.26. The molecule has 4 nitrogen and oxygen atoms in total. The molecular weight excluding hydrogens is 254 g/mol. The smallest absolute Gasteiger partial charge is 0.159 e. The predicted molar refractivity (Wildman–Crippen MR) is 76.5 cm³/mol. The highest BCUT2D eigenvalue weighted by molar-refractivity contribution is 6.16.